The molecule has 0 spiro atoms. The molecule has 10 heteroatoms. The van der Waals surface area contributed by atoms with Gasteiger partial charge in [0.15, 0.2) is 6.29 Å². The van der Waals surface area contributed by atoms with Crippen molar-refractivity contribution in [2.75, 3.05) is 13.1 Å². The molecule has 2 aliphatic heterocycles. The second-order valence-electron chi connectivity index (χ2n) is 14.4. The van der Waals surface area contributed by atoms with Gasteiger partial charge in [0.2, 0.25) is 10.0 Å². The third-order valence-electron chi connectivity index (χ3n) is 9.60. The van der Waals surface area contributed by atoms with Crippen LogP contribution in [0.2, 0.25) is 0 Å². The zero-order chi connectivity index (χ0) is 36.2. The molecule has 0 aromatic heterocycles. The molecule has 0 radical (unpaired) electrons. The fraction of sp³-hybridized carbons (Fsp3) is 0.390. The monoisotopic (exact) mass is 712 g/mol. The number of benzene rings is 4. The Kier molecular flexibility index (Phi) is 11.4. The van der Waals surface area contributed by atoms with E-state index < -0.39 is 21.9 Å². The number of hydrogen-bond donors (Lipinski definition) is 2. The van der Waals surface area contributed by atoms with Crippen LogP contribution < -0.4 is 4.72 Å². The van der Waals surface area contributed by atoms with Gasteiger partial charge in [-0.3, -0.25) is 9.69 Å². The number of nitrogens with zero attached hydrogens (tertiary/aromatic N) is 1. The normalized spacial score (nSPS) is 22.9. The van der Waals surface area contributed by atoms with Crippen LogP contribution in [0, 0.1) is 5.92 Å². The van der Waals surface area contributed by atoms with Crippen molar-refractivity contribution in [3.63, 3.8) is 0 Å². The number of aliphatic hydroxyl groups excluding tert-OH is 1. The molecule has 270 valence electrons. The molecule has 5 atom stereocenters. The maximum Gasteiger partial charge on any atom is 0.323 e. The molecule has 0 bridgehead atoms. The van der Waals surface area contributed by atoms with E-state index in [-0.39, 0.29) is 48.2 Å². The van der Waals surface area contributed by atoms with Crippen molar-refractivity contribution < 1.29 is 32.5 Å². The standard InChI is InChI=1S/C41H48N2O7S/c1-28-37(26-43-24-10-15-36(43)39(45)50-41(2,3)4)48-40(49-38(28)31-18-16-29(27-44)17-19-31)32-22-20-30(21-23-32)35-14-9-8-11-33(35)25-42-51(46,47)34-12-6-5-7-13-34/h5-9,11-14,16-23,28,36-38,40,42,44H,10,15,24-27H2,1-4H3/t28-,36+,37+,38+,40+/m1/s1. The van der Waals surface area contributed by atoms with Crippen LogP contribution in [0.4, 0.5) is 0 Å². The Hall–Kier alpha value is -3.90. The molecule has 51 heavy (non-hydrogen) atoms. The number of nitrogens with one attached hydrogen (secondary N) is 1. The number of likely N-dealkylation sites (tertiary alicyclic amines) is 1. The lowest BCUT2D eigenvalue weighted by Gasteiger charge is -2.43. The van der Waals surface area contributed by atoms with E-state index in [4.69, 9.17) is 14.2 Å². The van der Waals surface area contributed by atoms with Crippen molar-refractivity contribution in [1.82, 2.24) is 9.62 Å². The van der Waals surface area contributed by atoms with Crippen molar-refractivity contribution in [1.29, 1.82) is 0 Å². The average Bonchev–Trinajstić information content (AvgIpc) is 3.60. The van der Waals surface area contributed by atoms with Gasteiger partial charge in [-0.05, 0) is 80.1 Å². The Bertz CT molecular complexity index is 1880. The highest BCUT2D eigenvalue weighted by molar-refractivity contribution is 7.89. The van der Waals surface area contributed by atoms with E-state index in [0.717, 1.165) is 52.8 Å². The first-order valence-electron chi connectivity index (χ1n) is 17.6. The minimum absolute atomic E-state index is 0.0353. The molecule has 0 amide bonds. The van der Waals surface area contributed by atoms with Gasteiger partial charge in [0.05, 0.1) is 23.7 Å². The van der Waals surface area contributed by atoms with Crippen LogP contribution in [-0.2, 0) is 42.2 Å². The Morgan fingerprint density at radius 3 is 2.25 bits per heavy atom. The number of sulfonamides is 1. The van der Waals surface area contributed by atoms with Gasteiger partial charge in [0.25, 0.3) is 0 Å². The van der Waals surface area contributed by atoms with Gasteiger partial charge in [0, 0.05) is 24.6 Å². The van der Waals surface area contributed by atoms with E-state index in [0.29, 0.717) is 6.54 Å². The molecule has 0 unspecified atom stereocenters. The Morgan fingerprint density at radius 2 is 1.57 bits per heavy atom. The van der Waals surface area contributed by atoms with Crippen molar-refractivity contribution in [2.45, 2.75) is 88.7 Å². The maximum absolute atomic E-state index is 13.2. The largest absolute Gasteiger partial charge is 0.459 e. The van der Waals surface area contributed by atoms with Crippen LogP contribution in [0.5, 0.6) is 0 Å². The number of carbonyl (C=O) groups excluding carboxylic acids is 1. The Balaban J connectivity index is 1.23. The first-order valence-corrected chi connectivity index (χ1v) is 19.1. The highest BCUT2D eigenvalue weighted by Crippen LogP contribution is 2.43. The van der Waals surface area contributed by atoms with Crippen molar-refractivity contribution in [3.05, 3.63) is 125 Å². The number of ether oxygens (including phenoxy) is 3. The summed E-state index contributed by atoms with van der Waals surface area (Å²) >= 11 is 0. The second kappa shape index (κ2) is 15.8. The average molecular weight is 713 g/mol. The summed E-state index contributed by atoms with van der Waals surface area (Å²) in [5.74, 6) is -0.233. The highest BCUT2D eigenvalue weighted by atomic mass is 32.2. The van der Waals surface area contributed by atoms with E-state index in [1.54, 1.807) is 30.3 Å². The lowest BCUT2D eigenvalue weighted by atomic mass is 9.89. The lowest BCUT2D eigenvalue weighted by molar-refractivity contribution is -0.276. The van der Waals surface area contributed by atoms with Crippen molar-refractivity contribution in [3.8, 4) is 11.1 Å². The summed E-state index contributed by atoms with van der Waals surface area (Å²) in [5, 5.41) is 9.63. The number of esters is 1. The quantitative estimate of drug-likeness (QED) is 0.161. The van der Waals surface area contributed by atoms with Gasteiger partial charge in [-0.15, -0.1) is 0 Å². The molecule has 6 rings (SSSR count). The van der Waals surface area contributed by atoms with E-state index in [2.05, 4.69) is 16.5 Å². The third-order valence-corrected chi connectivity index (χ3v) is 11.0. The number of carbonyl (C=O) groups is 1. The van der Waals surface area contributed by atoms with Crippen LogP contribution in [0.15, 0.2) is 108 Å². The molecular weight excluding hydrogens is 665 g/mol. The molecule has 9 nitrogen and oxygen atoms in total. The smallest absolute Gasteiger partial charge is 0.323 e. The fourth-order valence-electron chi connectivity index (χ4n) is 6.87. The summed E-state index contributed by atoms with van der Waals surface area (Å²) in [6.45, 7) is 9.24. The van der Waals surface area contributed by atoms with Crippen molar-refractivity contribution >= 4 is 16.0 Å². The van der Waals surface area contributed by atoms with Gasteiger partial charge in [-0.1, -0.05) is 97.9 Å². The number of rotatable bonds is 11. The van der Waals surface area contributed by atoms with Crippen LogP contribution in [0.3, 0.4) is 0 Å². The zero-order valence-electron chi connectivity index (χ0n) is 29.7. The van der Waals surface area contributed by atoms with Crippen LogP contribution in [0.25, 0.3) is 11.1 Å². The molecule has 2 N–H and O–H groups in total. The van der Waals surface area contributed by atoms with Gasteiger partial charge < -0.3 is 19.3 Å². The molecule has 4 aromatic rings. The Labute approximate surface area is 301 Å². The first-order chi connectivity index (χ1) is 24.4. The first kappa shape index (κ1) is 36.9. The molecule has 2 saturated heterocycles. The van der Waals surface area contributed by atoms with Gasteiger partial charge >= 0.3 is 5.97 Å². The van der Waals surface area contributed by atoms with Gasteiger partial charge in [0.1, 0.15) is 11.6 Å². The van der Waals surface area contributed by atoms with E-state index >= 15 is 0 Å². The molecular formula is C41H48N2O7S. The van der Waals surface area contributed by atoms with Crippen LogP contribution >= 0.6 is 0 Å². The SMILES string of the molecule is C[C@@H]1[C@H](CN2CCC[C@H]2C(=O)OC(C)(C)C)O[C@H](c2ccc(-c3ccccc3CNS(=O)(=O)c3ccccc3)cc2)O[C@@H]1c1ccc(CO)cc1. The summed E-state index contributed by atoms with van der Waals surface area (Å²) in [5.41, 5.74) is 4.80. The second-order valence-corrected chi connectivity index (χ2v) is 16.2. The lowest BCUT2D eigenvalue weighted by Crippen LogP contribution is -2.48. The molecule has 2 heterocycles. The predicted octanol–water partition coefficient (Wildman–Crippen LogP) is 6.92. The van der Waals surface area contributed by atoms with Crippen LogP contribution in [0.1, 0.15) is 75.2 Å². The van der Waals surface area contributed by atoms with Crippen molar-refractivity contribution in [2.24, 2.45) is 5.92 Å². The van der Waals surface area contributed by atoms with Gasteiger partial charge in [-0.2, -0.15) is 0 Å². The van der Waals surface area contributed by atoms with Crippen LogP contribution in [-0.4, -0.2) is 55.2 Å². The fourth-order valence-corrected chi connectivity index (χ4v) is 7.90. The van der Waals surface area contributed by atoms with Gasteiger partial charge in [-0.25, -0.2) is 13.1 Å². The molecule has 2 aliphatic rings. The minimum Gasteiger partial charge on any atom is -0.459 e. The van der Waals surface area contributed by atoms with E-state index in [1.165, 1.54) is 0 Å². The Morgan fingerprint density at radius 1 is 0.902 bits per heavy atom. The van der Waals surface area contributed by atoms with E-state index in [9.17, 15) is 18.3 Å². The predicted molar refractivity (Wildman–Crippen MR) is 196 cm³/mol. The molecule has 0 aliphatic carbocycles. The minimum atomic E-state index is -3.67. The highest BCUT2D eigenvalue weighted by Gasteiger charge is 2.42. The summed E-state index contributed by atoms with van der Waals surface area (Å²) in [4.78, 5) is 15.6. The third kappa shape index (κ3) is 8.95. The maximum atomic E-state index is 13.2. The molecule has 2 fully saturated rings. The van der Waals surface area contributed by atoms with E-state index in [1.807, 2.05) is 93.6 Å². The molecule has 4 aromatic carbocycles. The topological polar surface area (TPSA) is 114 Å². The summed E-state index contributed by atoms with van der Waals surface area (Å²) in [6.07, 6.45) is 0.458. The summed E-state index contributed by atoms with van der Waals surface area (Å²) in [7, 11) is -3.67. The summed E-state index contributed by atoms with van der Waals surface area (Å²) in [6, 6.07) is 31.6. The zero-order valence-corrected chi connectivity index (χ0v) is 30.5. The molecule has 0 saturated carbocycles. The number of aliphatic hydroxyl groups is 1. The number of hydrogen-bond acceptors (Lipinski definition) is 8. The summed E-state index contributed by atoms with van der Waals surface area (Å²) < 4.78 is 47.8.